The third kappa shape index (κ3) is 5.56. The number of anilines is 1. The first-order valence-electron chi connectivity index (χ1n) is 8.75. The molecule has 0 bridgehead atoms. The van der Waals surface area contributed by atoms with Gasteiger partial charge in [-0.1, -0.05) is 53.5 Å². The van der Waals surface area contributed by atoms with Crippen LogP contribution in [0.25, 0.3) is 0 Å². The number of halogens is 1. The maximum absolute atomic E-state index is 13.2. The van der Waals surface area contributed by atoms with Gasteiger partial charge in [-0.25, -0.2) is 8.42 Å². The number of nitrogens with one attached hydrogen (secondary N) is 1. The smallest absolute Gasteiger partial charge is 0.264 e. The van der Waals surface area contributed by atoms with Crippen LogP contribution < -0.4 is 9.62 Å². The van der Waals surface area contributed by atoms with Gasteiger partial charge in [-0.3, -0.25) is 9.10 Å². The van der Waals surface area contributed by atoms with Crippen LogP contribution in [0.2, 0.25) is 0 Å². The lowest BCUT2D eigenvalue weighted by Crippen LogP contribution is -2.45. The molecule has 27 heavy (non-hydrogen) atoms. The van der Waals surface area contributed by atoms with Crippen LogP contribution in [0.4, 0.5) is 5.69 Å². The Kier molecular flexibility index (Phi) is 7.06. The van der Waals surface area contributed by atoms with Gasteiger partial charge in [0, 0.05) is 10.5 Å². The summed E-state index contributed by atoms with van der Waals surface area (Å²) in [7, 11) is -3.89. The number of amides is 1. The number of nitrogens with zero attached hydrogens (tertiary/aromatic N) is 1. The highest BCUT2D eigenvalue weighted by Crippen LogP contribution is 2.26. The van der Waals surface area contributed by atoms with Crippen LogP contribution in [-0.4, -0.2) is 26.9 Å². The molecule has 0 heterocycles. The van der Waals surface area contributed by atoms with Crippen LogP contribution in [0.5, 0.6) is 0 Å². The molecule has 0 spiro atoms. The molecule has 0 saturated heterocycles. The van der Waals surface area contributed by atoms with E-state index in [0.717, 1.165) is 14.3 Å². The Balaban J connectivity index is 2.41. The van der Waals surface area contributed by atoms with Crippen molar-refractivity contribution in [3.05, 3.63) is 58.6 Å². The van der Waals surface area contributed by atoms with E-state index >= 15 is 0 Å². The molecule has 5 nitrogen and oxygen atoms in total. The van der Waals surface area contributed by atoms with Crippen molar-refractivity contribution < 1.29 is 13.2 Å². The molecular formula is C20H25BrN2O3S. The van der Waals surface area contributed by atoms with E-state index in [1.165, 1.54) is 0 Å². The molecule has 146 valence electrons. The van der Waals surface area contributed by atoms with Crippen LogP contribution in [0.3, 0.4) is 0 Å². The van der Waals surface area contributed by atoms with Crippen LogP contribution in [0, 0.1) is 12.8 Å². The second-order valence-corrected chi connectivity index (χ2v) is 9.68. The standard InChI is InChI=1S/C20H25BrN2O3S/c1-14(2)16(4)22-20(24)13-23(18-7-5-6-17(21)12-18)27(25,26)19-10-8-15(3)9-11-19/h5-12,14,16H,13H2,1-4H3,(H,22,24). The van der Waals surface area contributed by atoms with Gasteiger partial charge < -0.3 is 5.32 Å². The molecule has 2 aromatic carbocycles. The van der Waals surface area contributed by atoms with Gasteiger partial charge in [0.05, 0.1) is 10.6 Å². The number of aryl methyl sites for hydroxylation is 1. The fourth-order valence-electron chi connectivity index (χ4n) is 2.38. The predicted octanol–water partition coefficient (Wildman–Crippen LogP) is 4.11. The van der Waals surface area contributed by atoms with Gasteiger partial charge in [0.1, 0.15) is 6.54 Å². The summed E-state index contributed by atoms with van der Waals surface area (Å²) >= 11 is 3.37. The molecule has 1 unspecified atom stereocenters. The highest BCUT2D eigenvalue weighted by molar-refractivity contribution is 9.10. The van der Waals surface area contributed by atoms with E-state index in [1.54, 1.807) is 48.5 Å². The third-order valence-electron chi connectivity index (χ3n) is 4.38. The second kappa shape index (κ2) is 8.89. The Hall–Kier alpha value is -1.86. The summed E-state index contributed by atoms with van der Waals surface area (Å²) in [5.41, 5.74) is 1.39. The van der Waals surface area contributed by atoms with Gasteiger partial charge in [0.25, 0.3) is 10.0 Å². The highest BCUT2D eigenvalue weighted by atomic mass is 79.9. The second-order valence-electron chi connectivity index (χ2n) is 6.90. The summed E-state index contributed by atoms with van der Waals surface area (Å²) in [6.45, 7) is 7.51. The Morgan fingerprint density at radius 3 is 2.30 bits per heavy atom. The molecule has 1 atom stereocenters. The minimum Gasteiger partial charge on any atom is -0.352 e. The molecule has 2 rings (SSSR count). The quantitative estimate of drug-likeness (QED) is 0.686. The SMILES string of the molecule is Cc1ccc(S(=O)(=O)N(CC(=O)NC(C)C(C)C)c2cccc(Br)c2)cc1. The number of sulfonamides is 1. The van der Waals surface area contributed by atoms with Crippen molar-refractivity contribution >= 4 is 37.5 Å². The zero-order valence-electron chi connectivity index (χ0n) is 15.9. The maximum Gasteiger partial charge on any atom is 0.264 e. The van der Waals surface area contributed by atoms with E-state index in [1.807, 2.05) is 27.7 Å². The average Bonchev–Trinajstić information content (AvgIpc) is 2.59. The van der Waals surface area contributed by atoms with E-state index in [2.05, 4.69) is 21.2 Å². The first-order valence-corrected chi connectivity index (χ1v) is 11.0. The van der Waals surface area contributed by atoms with Crippen molar-refractivity contribution in [2.75, 3.05) is 10.8 Å². The molecule has 1 N–H and O–H groups in total. The van der Waals surface area contributed by atoms with Crippen molar-refractivity contribution in [2.24, 2.45) is 5.92 Å². The molecule has 2 aromatic rings. The van der Waals surface area contributed by atoms with Crippen molar-refractivity contribution in [1.29, 1.82) is 0 Å². The van der Waals surface area contributed by atoms with Crippen molar-refractivity contribution in [3.8, 4) is 0 Å². The first kappa shape index (κ1) is 21.4. The summed E-state index contributed by atoms with van der Waals surface area (Å²) in [5, 5.41) is 2.87. The van der Waals surface area contributed by atoms with Gasteiger partial charge in [0.2, 0.25) is 5.91 Å². The molecule has 0 aliphatic heterocycles. The number of hydrogen-bond donors (Lipinski definition) is 1. The first-order chi connectivity index (χ1) is 12.6. The van der Waals surface area contributed by atoms with Crippen LogP contribution in [0.15, 0.2) is 57.9 Å². The Morgan fingerprint density at radius 1 is 1.11 bits per heavy atom. The molecule has 0 saturated carbocycles. The molecule has 0 aliphatic rings. The molecular weight excluding hydrogens is 428 g/mol. The van der Waals surface area contributed by atoms with Crippen LogP contribution in [0.1, 0.15) is 26.3 Å². The maximum atomic E-state index is 13.2. The van der Waals surface area contributed by atoms with Gasteiger partial charge in [0.15, 0.2) is 0 Å². The van der Waals surface area contributed by atoms with E-state index in [4.69, 9.17) is 0 Å². The van der Waals surface area contributed by atoms with Crippen molar-refractivity contribution in [3.63, 3.8) is 0 Å². The monoisotopic (exact) mass is 452 g/mol. The average molecular weight is 453 g/mol. The lowest BCUT2D eigenvalue weighted by molar-refractivity contribution is -0.120. The van der Waals surface area contributed by atoms with Crippen LogP contribution in [-0.2, 0) is 14.8 Å². The van der Waals surface area contributed by atoms with E-state index in [0.29, 0.717) is 5.69 Å². The highest BCUT2D eigenvalue weighted by Gasteiger charge is 2.28. The molecule has 0 aliphatic carbocycles. The number of carbonyl (C=O) groups is 1. The largest absolute Gasteiger partial charge is 0.352 e. The topological polar surface area (TPSA) is 66.5 Å². The molecule has 0 radical (unpaired) electrons. The summed E-state index contributed by atoms with van der Waals surface area (Å²) in [4.78, 5) is 12.7. The zero-order valence-corrected chi connectivity index (χ0v) is 18.3. The lowest BCUT2D eigenvalue weighted by Gasteiger charge is -2.26. The minimum atomic E-state index is -3.89. The van der Waals surface area contributed by atoms with E-state index in [-0.39, 0.29) is 29.3 Å². The van der Waals surface area contributed by atoms with Gasteiger partial charge in [-0.2, -0.15) is 0 Å². The van der Waals surface area contributed by atoms with Crippen molar-refractivity contribution in [1.82, 2.24) is 5.32 Å². The van der Waals surface area contributed by atoms with Crippen LogP contribution >= 0.6 is 15.9 Å². The molecule has 1 amide bonds. The lowest BCUT2D eigenvalue weighted by atomic mass is 10.1. The van der Waals surface area contributed by atoms with Gasteiger partial charge in [-0.05, 0) is 50.1 Å². The summed E-state index contributed by atoms with van der Waals surface area (Å²) in [6.07, 6.45) is 0. The molecule has 0 fully saturated rings. The Morgan fingerprint density at radius 2 is 1.74 bits per heavy atom. The van der Waals surface area contributed by atoms with E-state index < -0.39 is 10.0 Å². The number of benzene rings is 2. The predicted molar refractivity (Wildman–Crippen MR) is 112 cm³/mol. The fourth-order valence-corrected chi connectivity index (χ4v) is 4.18. The van der Waals surface area contributed by atoms with Gasteiger partial charge in [-0.15, -0.1) is 0 Å². The number of rotatable bonds is 7. The van der Waals surface area contributed by atoms with E-state index in [9.17, 15) is 13.2 Å². The summed E-state index contributed by atoms with van der Waals surface area (Å²) < 4.78 is 28.4. The normalized spacial score (nSPS) is 12.7. The third-order valence-corrected chi connectivity index (χ3v) is 6.66. The van der Waals surface area contributed by atoms with Crippen molar-refractivity contribution in [2.45, 2.75) is 38.6 Å². The van der Waals surface area contributed by atoms with Gasteiger partial charge >= 0.3 is 0 Å². The Bertz CT molecular complexity index is 896. The fraction of sp³-hybridized carbons (Fsp3) is 0.350. The summed E-state index contributed by atoms with van der Waals surface area (Å²) in [6, 6.07) is 13.5. The summed E-state index contributed by atoms with van der Waals surface area (Å²) in [5.74, 6) is -0.0890. The molecule has 0 aromatic heterocycles. The Labute approximate surface area is 170 Å². The number of carbonyl (C=O) groups excluding carboxylic acids is 1. The minimum absolute atomic E-state index is 0.0519. The molecule has 7 heteroatoms. The number of hydrogen-bond acceptors (Lipinski definition) is 3. The zero-order chi connectivity index (χ0) is 20.2.